The molecule has 19 heavy (non-hydrogen) atoms. The van der Waals surface area contributed by atoms with Gasteiger partial charge in [-0.05, 0) is 24.3 Å². The van der Waals surface area contributed by atoms with Crippen LogP contribution in [0.3, 0.4) is 0 Å². The molecule has 2 N–H and O–H groups in total. The minimum Gasteiger partial charge on any atom is -0.399 e. The Morgan fingerprint density at radius 2 is 2.16 bits per heavy atom. The van der Waals surface area contributed by atoms with Gasteiger partial charge in [0.1, 0.15) is 5.56 Å². The lowest BCUT2D eigenvalue weighted by Gasteiger charge is -2.20. The molecule has 6 nitrogen and oxygen atoms in total. The van der Waals surface area contributed by atoms with E-state index in [1.807, 2.05) is 0 Å². The third-order valence-corrected chi connectivity index (χ3v) is 4.01. The van der Waals surface area contributed by atoms with Crippen LogP contribution in [0.15, 0.2) is 18.2 Å². The molecule has 0 aliphatic carbocycles. The number of thioether (sulfide) groups is 1. The van der Waals surface area contributed by atoms with Gasteiger partial charge < -0.3 is 10.6 Å². The number of nitrogens with zero attached hydrogens (tertiary/aromatic N) is 2. The summed E-state index contributed by atoms with van der Waals surface area (Å²) >= 11 is 1.79. The van der Waals surface area contributed by atoms with Crippen molar-refractivity contribution in [3.8, 4) is 0 Å². The normalized spacial score (nSPS) is 15.9. The molecule has 0 saturated carbocycles. The van der Waals surface area contributed by atoms with Crippen molar-refractivity contribution in [2.24, 2.45) is 0 Å². The molecule has 1 aromatic carbocycles. The first-order valence-corrected chi connectivity index (χ1v) is 7.16. The van der Waals surface area contributed by atoms with E-state index < -0.39 is 4.92 Å². The summed E-state index contributed by atoms with van der Waals surface area (Å²) in [5, 5.41) is 11.0. The average molecular weight is 281 g/mol. The fourth-order valence-corrected chi connectivity index (χ4v) is 2.89. The number of nitro benzene ring substituents is 1. The summed E-state index contributed by atoms with van der Waals surface area (Å²) in [6.45, 7) is 1.26. The number of nitrogen functional groups attached to an aromatic ring is 1. The van der Waals surface area contributed by atoms with E-state index in [9.17, 15) is 14.9 Å². The van der Waals surface area contributed by atoms with Crippen LogP contribution >= 0.6 is 11.8 Å². The summed E-state index contributed by atoms with van der Waals surface area (Å²) in [4.78, 5) is 24.5. The number of hydrogen-bond acceptors (Lipinski definition) is 5. The quantitative estimate of drug-likeness (QED) is 0.507. The predicted octanol–water partition coefficient (Wildman–Crippen LogP) is 1.76. The second-order valence-corrected chi connectivity index (χ2v) is 5.52. The zero-order valence-corrected chi connectivity index (χ0v) is 11.2. The molecule has 1 saturated heterocycles. The Bertz CT molecular complexity index is 499. The van der Waals surface area contributed by atoms with Crippen molar-refractivity contribution in [3.63, 3.8) is 0 Å². The van der Waals surface area contributed by atoms with Gasteiger partial charge in [0.2, 0.25) is 0 Å². The molecule has 102 valence electrons. The molecule has 7 heteroatoms. The fourth-order valence-electron chi connectivity index (χ4n) is 2.00. The summed E-state index contributed by atoms with van der Waals surface area (Å²) in [6.07, 6.45) is 0.909. The number of hydrogen-bond donors (Lipinski definition) is 1. The number of amides is 1. The smallest absolute Gasteiger partial charge is 0.282 e. The molecule has 2 rings (SSSR count). The minimum absolute atomic E-state index is 0.0805. The number of nitro groups is 1. The highest BCUT2D eigenvalue weighted by Crippen LogP contribution is 2.24. The Balaban J connectivity index is 2.31. The van der Waals surface area contributed by atoms with Crippen LogP contribution in [0.2, 0.25) is 0 Å². The van der Waals surface area contributed by atoms with Crippen molar-refractivity contribution in [2.45, 2.75) is 6.42 Å². The monoisotopic (exact) mass is 281 g/mol. The molecule has 1 heterocycles. The Hall–Kier alpha value is -1.76. The topological polar surface area (TPSA) is 89.5 Å². The average Bonchev–Trinajstić information content (AvgIpc) is 2.66. The van der Waals surface area contributed by atoms with Crippen LogP contribution in [0, 0.1) is 10.1 Å². The first-order chi connectivity index (χ1) is 9.09. The SMILES string of the molecule is Nc1ccc([N+](=O)[O-])c(C(=O)N2CCCSCC2)c1. The van der Waals surface area contributed by atoms with E-state index in [1.165, 1.54) is 18.2 Å². The second-order valence-electron chi connectivity index (χ2n) is 4.29. The maximum atomic E-state index is 12.4. The Morgan fingerprint density at radius 1 is 1.37 bits per heavy atom. The molecule has 0 radical (unpaired) electrons. The molecular weight excluding hydrogens is 266 g/mol. The molecule has 0 aromatic heterocycles. The molecule has 0 atom stereocenters. The largest absolute Gasteiger partial charge is 0.399 e. The van der Waals surface area contributed by atoms with E-state index in [4.69, 9.17) is 5.73 Å². The number of nitrogens with two attached hydrogens (primary N) is 1. The van der Waals surface area contributed by atoms with E-state index in [0.29, 0.717) is 18.8 Å². The van der Waals surface area contributed by atoms with Crippen LogP contribution in [-0.2, 0) is 0 Å². The van der Waals surface area contributed by atoms with Gasteiger partial charge in [-0.1, -0.05) is 0 Å². The first kappa shape index (κ1) is 13.7. The van der Waals surface area contributed by atoms with Gasteiger partial charge >= 0.3 is 0 Å². The highest BCUT2D eigenvalue weighted by Gasteiger charge is 2.25. The van der Waals surface area contributed by atoms with Crippen LogP contribution in [0.25, 0.3) is 0 Å². The van der Waals surface area contributed by atoms with Crippen LogP contribution in [0.4, 0.5) is 11.4 Å². The fraction of sp³-hybridized carbons (Fsp3) is 0.417. The summed E-state index contributed by atoms with van der Waals surface area (Å²) in [5.41, 5.74) is 5.88. The van der Waals surface area contributed by atoms with E-state index in [2.05, 4.69) is 0 Å². The highest BCUT2D eigenvalue weighted by molar-refractivity contribution is 7.99. The van der Waals surface area contributed by atoms with Gasteiger partial charge in [0.25, 0.3) is 11.6 Å². The summed E-state index contributed by atoms with van der Waals surface area (Å²) in [5.74, 6) is 1.58. The lowest BCUT2D eigenvalue weighted by molar-refractivity contribution is -0.385. The molecular formula is C12H15N3O3S. The molecule has 1 fully saturated rings. The molecule has 0 spiro atoms. The van der Waals surface area contributed by atoms with Crippen LogP contribution < -0.4 is 5.73 Å². The van der Waals surface area contributed by atoms with Crippen LogP contribution in [-0.4, -0.2) is 40.3 Å². The molecule has 0 bridgehead atoms. The number of carbonyl (C=O) groups is 1. The Kier molecular flexibility index (Phi) is 4.26. The second kappa shape index (κ2) is 5.92. The summed E-state index contributed by atoms with van der Waals surface area (Å²) < 4.78 is 0. The molecule has 0 unspecified atom stereocenters. The number of carbonyl (C=O) groups excluding carboxylic acids is 1. The van der Waals surface area contributed by atoms with Gasteiger partial charge in [-0.15, -0.1) is 0 Å². The van der Waals surface area contributed by atoms with E-state index in [-0.39, 0.29) is 17.2 Å². The lowest BCUT2D eigenvalue weighted by Crippen LogP contribution is -2.33. The first-order valence-electron chi connectivity index (χ1n) is 6.00. The molecule has 1 amide bonds. The molecule has 1 aromatic rings. The summed E-state index contributed by atoms with van der Waals surface area (Å²) in [7, 11) is 0. The van der Waals surface area contributed by atoms with Crippen molar-refractivity contribution in [2.75, 3.05) is 30.3 Å². The van der Waals surface area contributed by atoms with Gasteiger partial charge in [0, 0.05) is 30.6 Å². The van der Waals surface area contributed by atoms with Gasteiger partial charge in [-0.3, -0.25) is 14.9 Å². The number of benzene rings is 1. The van der Waals surface area contributed by atoms with E-state index in [1.54, 1.807) is 16.7 Å². The van der Waals surface area contributed by atoms with Crippen molar-refractivity contribution in [3.05, 3.63) is 33.9 Å². The van der Waals surface area contributed by atoms with Crippen molar-refractivity contribution in [1.82, 2.24) is 4.90 Å². The Labute approximate surface area is 115 Å². The van der Waals surface area contributed by atoms with Crippen LogP contribution in [0.5, 0.6) is 0 Å². The van der Waals surface area contributed by atoms with Gasteiger partial charge in [-0.25, -0.2) is 0 Å². The number of anilines is 1. The van der Waals surface area contributed by atoms with Crippen molar-refractivity contribution < 1.29 is 9.72 Å². The molecule has 1 aliphatic heterocycles. The zero-order chi connectivity index (χ0) is 13.8. The number of rotatable bonds is 2. The van der Waals surface area contributed by atoms with Gasteiger partial charge in [0.15, 0.2) is 0 Å². The third kappa shape index (κ3) is 3.17. The van der Waals surface area contributed by atoms with Crippen LogP contribution in [0.1, 0.15) is 16.8 Å². The highest BCUT2D eigenvalue weighted by atomic mass is 32.2. The maximum Gasteiger partial charge on any atom is 0.282 e. The summed E-state index contributed by atoms with van der Waals surface area (Å²) in [6, 6.07) is 4.11. The Morgan fingerprint density at radius 3 is 2.89 bits per heavy atom. The van der Waals surface area contributed by atoms with Gasteiger partial charge in [-0.2, -0.15) is 11.8 Å². The lowest BCUT2D eigenvalue weighted by atomic mass is 10.1. The standard InChI is InChI=1S/C12H15N3O3S/c13-9-2-3-11(15(17)18)10(8-9)12(16)14-4-1-6-19-7-5-14/h2-3,8H,1,4-7,13H2. The third-order valence-electron chi connectivity index (χ3n) is 2.96. The predicted molar refractivity (Wildman–Crippen MR) is 75.4 cm³/mol. The zero-order valence-electron chi connectivity index (χ0n) is 10.4. The van der Waals surface area contributed by atoms with E-state index >= 15 is 0 Å². The van der Waals surface area contributed by atoms with E-state index in [0.717, 1.165) is 17.9 Å². The van der Waals surface area contributed by atoms with Gasteiger partial charge in [0.05, 0.1) is 4.92 Å². The minimum atomic E-state index is -0.542. The molecule has 1 aliphatic rings. The maximum absolute atomic E-state index is 12.4. The van der Waals surface area contributed by atoms with Crippen molar-refractivity contribution >= 4 is 29.0 Å². The van der Waals surface area contributed by atoms with Crippen molar-refractivity contribution in [1.29, 1.82) is 0 Å².